The van der Waals surface area contributed by atoms with Gasteiger partial charge in [-0.05, 0) is 48.7 Å². The average Bonchev–Trinajstić information content (AvgIpc) is 3.12. The molecule has 0 aliphatic carbocycles. The summed E-state index contributed by atoms with van der Waals surface area (Å²) in [6.07, 6.45) is 1.62. The highest BCUT2D eigenvalue weighted by Gasteiger charge is 2.17. The summed E-state index contributed by atoms with van der Waals surface area (Å²) in [4.78, 5) is 13.7. The molecular weight excluding hydrogens is 330 g/mol. The van der Waals surface area contributed by atoms with Crippen LogP contribution < -0.4 is 10.2 Å². The molecule has 0 atom stereocenters. The number of rotatable bonds is 4. The lowest BCUT2D eigenvalue weighted by molar-refractivity contribution is 0.271. The van der Waals surface area contributed by atoms with Crippen molar-refractivity contribution in [3.8, 4) is 0 Å². The van der Waals surface area contributed by atoms with E-state index in [-0.39, 0.29) is 0 Å². The van der Waals surface area contributed by atoms with Gasteiger partial charge in [0, 0.05) is 37.6 Å². The van der Waals surface area contributed by atoms with Crippen LogP contribution in [0.15, 0.2) is 36.0 Å². The van der Waals surface area contributed by atoms with Gasteiger partial charge in [-0.15, -0.1) is 11.3 Å². The zero-order valence-electron chi connectivity index (χ0n) is 14.7. The smallest absolute Gasteiger partial charge is 0.151 e. The maximum atomic E-state index is 4.41. The minimum Gasteiger partial charge on any atom is -0.369 e. The molecule has 1 aromatic carbocycles. The van der Waals surface area contributed by atoms with Gasteiger partial charge in [-0.2, -0.15) is 0 Å². The molecule has 0 saturated carbocycles. The fourth-order valence-corrected chi connectivity index (χ4v) is 4.20. The van der Waals surface area contributed by atoms with Gasteiger partial charge in [-0.1, -0.05) is 6.92 Å². The van der Waals surface area contributed by atoms with Crippen molar-refractivity contribution in [3.63, 3.8) is 0 Å². The Hall–Kier alpha value is -2.18. The lowest BCUT2D eigenvalue weighted by atomic mass is 10.1. The summed E-state index contributed by atoms with van der Waals surface area (Å²) >= 11 is 1.67. The molecule has 130 valence electrons. The normalized spacial score (nSPS) is 15.7. The second-order valence-electron chi connectivity index (χ2n) is 6.40. The molecule has 0 amide bonds. The van der Waals surface area contributed by atoms with Crippen LogP contribution in [0.3, 0.4) is 0 Å². The molecule has 6 heteroatoms. The third-order valence-electron chi connectivity index (χ3n) is 4.86. The van der Waals surface area contributed by atoms with Gasteiger partial charge in [-0.25, -0.2) is 9.97 Å². The van der Waals surface area contributed by atoms with E-state index in [1.165, 1.54) is 11.3 Å². The molecule has 0 unspecified atom stereocenters. The number of anilines is 3. The van der Waals surface area contributed by atoms with Crippen molar-refractivity contribution in [1.82, 2.24) is 14.9 Å². The molecule has 5 nitrogen and oxygen atoms in total. The molecule has 1 fully saturated rings. The number of nitrogens with zero attached hydrogens (tertiary/aromatic N) is 4. The van der Waals surface area contributed by atoms with E-state index in [0.717, 1.165) is 54.4 Å². The Morgan fingerprint density at radius 2 is 1.96 bits per heavy atom. The molecule has 0 bridgehead atoms. The van der Waals surface area contributed by atoms with Crippen molar-refractivity contribution in [3.05, 3.63) is 41.5 Å². The van der Waals surface area contributed by atoms with Crippen LogP contribution in [0.4, 0.5) is 17.2 Å². The van der Waals surface area contributed by atoms with Gasteiger partial charge in [0.05, 0.1) is 10.2 Å². The Balaban J connectivity index is 1.53. The summed E-state index contributed by atoms with van der Waals surface area (Å²) in [6, 6.07) is 8.61. The first-order chi connectivity index (χ1) is 12.2. The van der Waals surface area contributed by atoms with E-state index in [1.807, 2.05) is 6.07 Å². The molecule has 3 aromatic rings. The summed E-state index contributed by atoms with van der Waals surface area (Å²) in [5.41, 5.74) is 4.70. The number of benzene rings is 1. The quantitative estimate of drug-likeness (QED) is 0.771. The highest BCUT2D eigenvalue weighted by Crippen LogP contribution is 2.30. The first-order valence-electron chi connectivity index (χ1n) is 8.78. The topological polar surface area (TPSA) is 44.3 Å². The van der Waals surface area contributed by atoms with E-state index in [2.05, 4.69) is 62.5 Å². The van der Waals surface area contributed by atoms with Crippen LogP contribution in [0.1, 0.15) is 12.5 Å². The molecule has 25 heavy (non-hydrogen) atoms. The number of piperazine rings is 1. The Labute approximate surface area is 152 Å². The fraction of sp³-hybridized carbons (Fsp3) is 0.368. The first-order valence-corrected chi connectivity index (χ1v) is 9.65. The van der Waals surface area contributed by atoms with Crippen LogP contribution in [-0.2, 0) is 0 Å². The predicted octanol–water partition coefficient (Wildman–Crippen LogP) is 3.89. The second kappa shape index (κ2) is 6.98. The maximum Gasteiger partial charge on any atom is 0.151 e. The third-order valence-corrected chi connectivity index (χ3v) is 5.77. The molecule has 2 aromatic heterocycles. The molecule has 1 saturated heterocycles. The van der Waals surface area contributed by atoms with E-state index in [1.54, 1.807) is 17.7 Å². The Kier molecular flexibility index (Phi) is 4.55. The molecule has 4 rings (SSSR count). The summed E-state index contributed by atoms with van der Waals surface area (Å²) in [7, 11) is 0. The molecule has 0 spiro atoms. The van der Waals surface area contributed by atoms with Crippen molar-refractivity contribution < 1.29 is 0 Å². The van der Waals surface area contributed by atoms with Gasteiger partial charge in [0.25, 0.3) is 0 Å². The lowest BCUT2D eigenvalue weighted by Gasteiger charge is -2.36. The summed E-state index contributed by atoms with van der Waals surface area (Å²) in [5.74, 6) is 0.878. The number of thiophene rings is 1. The minimum atomic E-state index is 0.878. The van der Waals surface area contributed by atoms with E-state index < -0.39 is 0 Å². The van der Waals surface area contributed by atoms with Gasteiger partial charge in [0.1, 0.15) is 6.33 Å². The third kappa shape index (κ3) is 3.32. The lowest BCUT2D eigenvalue weighted by Crippen LogP contribution is -2.46. The standard InChI is InChI=1S/C19H23N5S/c1-3-23-7-9-24(10-8-23)17-5-4-15(12-14(17)2)22-19-18-16(6-11-25-18)20-13-21-19/h4-6,11-13H,3,7-10H2,1-2H3,(H,20,21,22). The second-order valence-corrected chi connectivity index (χ2v) is 7.32. The zero-order valence-corrected chi connectivity index (χ0v) is 15.5. The van der Waals surface area contributed by atoms with Crippen molar-refractivity contribution in [2.75, 3.05) is 42.9 Å². The van der Waals surface area contributed by atoms with Gasteiger partial charge >= 0.3 is 0 Å². The number of aryl methyl sites for hydroxylation is 1. The maximum absolute atomic E-state index is 4.41. The average molecular weight is 353 g/mol. The molecule has 1 N–H and O–H groups in total. The SMILES string of the molecule is CCN1CCN(c2ccc(Nc3ncnc4ccsc34)cc2C)CC1. The highest BCUT2D eigenvalue weighted by atomic mass is 32.1. The van der Waals surface area contributed by atoms with Crippen LogP contribution in [-0.4, -0.2) is 47.6 Å². The number of fused-ring (bicyclic) bond motifs is 1. The van der Waals surface area contributed by atoms with Gasteiger partial charge in [-0.3, -0.25) is 0 Å². The number of hydrogen-bond acceptors (Lipinski definition) is 6. The van der Waals surface area contributed by atoms with Crippen LogP contribution >= 0.6 is 11.3 Å². The highest BCUT2D eigenvalue weighted by molar-refractivity contribution is 7.17. The largest absolute Gasteiger partial charge is 0.369 e. The number of aromatic nitrogens is 2. The Bertz CT molecular complexity index is 867. The monoisotopic (exact) mass is 353 g/mol. The van der Waals surface area contributed by atoms with Gasteiger partial charge < -0.3 is 15.1 Å². The van der Waals surface area contributed by atoms with Crippen molar-refractivity contribution in [2.45, 2.75) is 13.8 Å². The number of nitrogens with one attached hydrogen (secondary N) is 1. The van der Waals surface area contributed by atoms with Crippen LogP contribution in [0.2, 0.25) is 0 Å². The van der Waals surface area contributed by atoms with E-state index in [9.17, 15) is 0 Å². The molecule has 3 heterocycles. The predicted molar refractivity (Wildman–Crippen MR) is 106 cm³/mol. The van der Waals surface area contributed by atoms with Gasteiger partial charge in [0.15, 0.2) is 5.82 Å². The Morgan fingerprint density at radius 1 is 1.12 bits per heavy atom. The van der Waals surface area contributed by atoms with Crippen LogP contribution in [0, 0.1) is 6.92 Å². The fourth-order valence-electron chi connectivity index (χ4n) is 3.41. The molecule has 0 radical (unpaired) electrons. The Morgan fingerprint density at radius 3 is 2.72 bits per heavy atom. The van der Waals surface area contributed by atoms with E-state index in [0.29, 0.717) is 0 Å². The zero-order chi connectivity index (χ0) is 17.2. The van der Waals surface area contributed by atoms with Crippen LogP contribution in [0.25, 0.3) is 10.2 Å². The molecule has 1 aliphatic rings. The van der Waals surface area contributed by atoms with Crippen molar-refractivity contribution in [2.24, 2.45) is 0 Å². The first kappa shape index (κ1) is 16.3. The van der Waals surface area contributed by atoms with Gasteiger partial charge in [0.2, 0.25) is 0 Å². The minimum absolute atomic E-state index is 0.878. The number of likely N-dealkylation sites (N-methyl/N-ethyl adjacent to an activating group) is 1. The molecule has 1 aliphatic heterocycles. The molecular formula is C19H23N5S. The summed E-state index contributed by atoms with van der Waals surface area (Å²) in [6.45, 7) is 10.1. The summed E-state index contributed by atoms with van der Waals surface area (Å²) < 4.78 is 1.10. The van der Waals surface area contributed by atoms with E-state index in [4.69, 9.17) is 0 Å². The summed E-state index contributed by atoms with van der Waals surface area (Å²) in [5, 5.41) is 5.50. The number of hydrogen-bond donors (Lipinski definition) is 1. The van der Waals surface area contributed by atoms with Crippen molar-refractivity contribution >= 4 is 38.7 Å². The van der Waals surface area contributed by atoms with Crippen molar-refractivity contribution in [1.29, 1.82) is 0 Å². The van der Waals surface area contributed by atoms with Crippen LogP contribution in [0.5, 0.6) is 0 Å². The van der Waals surface area contributed by atoms with E-state index >= 15 is 0 Å².